The van der Waals surface area contributed by atoms with Crippen LogP contribution in [-0.4, -0.2) is 58.5 Å². The molecule has 0 aliphatic rings. The summed E-state index contributed by atoms with van der Waals surface area (Å²) in [6.45, 7) is 3.22. The van der Waals surface area contributed by atoms with Crippen LogP contribution in [0.4, 0.5) is 0 Å². The van der Waals surface area contributed by atoms with E-state index in [1.54, 1.807) is 7.05 Å². The van der Waals surface area contributed by atoms with E-state index in [-0.39, 0.29) is 5.96 Å². The van der Waals surface area contributed by atoms with Gasteiger partial charge in [-0.2, -0.15) is 0 Å². The molecule has 0 fully saturated rings. The molecule has 0 aromatic heterocycles. The third kappa shape index (κ3) is 12.4. The third-order valence-electron chi connectivity index (χ3n) is 1.73. The van der Waals surface area contributed by atoms with E-state index >= 15 is 0 Å². The number of rotatable bonds is 9. The number of hydrogen-bond donors (Lipinski definition) is 5. The van der Waals surface area contributed by atoms with Crippen LogP contribution < -0.4 is 22.1 Å². The second-order valence-electron chi connectivity index (χ2n) is 3.10. The molecule has 0 atom stereocenters. The zero-order valence-corrected chi connectivity index (χ0v) is 10.2. The van der Waals surface area contributed by atoms with Gasteiger partial charge in [0.1, 0.15) is 0 Å². The molecule has 100 valence electrons. The standard InChI is InChI=1S/C9H22N6O2/c1-13-9(12)15-3-5-17-7-6-16-4-2-14-8(10)11/h2-7H2,1H3,(H4,10,11,14)(H3,12,13,15). The van der Waals surface area contributed by atoms with E-state index in [4.69, 9.17) is 26.4 Å². The summed E-state index contributed by atoms with van der Waals surface area (Å²) in [5, 5.41) is 12.4. The van der Waals surface area contributed by atoms with Crippen LogP contribution in [0.2, 0.25) is 0 Å². The van der Waals surface area contributed by atoms with Crippen LogP contribution in [0, 0.1) is 5.41 Å². The van der Waals surface area contributed by atoms with Gasteiger partial charge < -0.3 is 31.6 Å². The van der Waals surface area contributed by atoms with Gasteiger partial charge in [-0.3, -0.25) is 10.4 Å². The molecule has 0 saturated carbocycles. The Morgan fingerprint density at radius 1 is 1.06 bits per heavy atom. The number of aliphatic imine (C=N–C) groups is 1. The summed E-state index contributed by atoms with van der Waals surface area (Å²) in [6.07, 6.45) is 0. The summed E-state index contributed by atoms with van der Waals surface area (Å²) in [6, 6.07) is 0. The van der Waals surface area contributed by atoms with Crippen molar-refractivity contribution in [1.82, 2.24) is 10.6 Å². The lowest BCUT2D eigenvalue weighted by molar-refractivity contribution is 0.0519. The van der Waals surface area contributed by atoms with E-state index in [9.17, 15) is 0 Å². The minimum absolute atomic E-state index is 0.0499. The maximum absolute atomic E-state index is 6.90. The highest BCUT2D eigenvalue weighted by atomic mass is 16.5. The Balaban J connectivity index is 3.06. The maximum Gasteiger partial charge on any atom is 0.188 e. The van der Waals surface area contributed by atoms with E-state index in [1.807, 2.05) is 0 Å². The van der Waals surface area contributed by atoms with Crippen molar-refractivity contribution < 1.29 is 9.47 Å². The van der Waals surface area contributed by atoms with Crippen molar-refractivity contribution in [3.05, 3.63) is 0 Å². The first kappa shape index (κ1) is 15.5. The molecule has 0 heterocycles. The first-order valence-corrected chi connectivity index (χ1v) is 5.36. The molecule has 0 rings (SSSR count). The van der Waals surface area contributed by atoms with Crippen molar-refractivity contribution in [3.8, 4) is 0 Å². The Morgan fingerprint density at radius 3 is 2.06 bits per heavy atom. The second kappa shape index (κ2) is 11.0. The molecule has 0 amide bonds. The minimum atomic E-state index is -0.0499. The van der Waals surface area contributed by atoms with Gasteiger partial charge in [-0.1, -0.05) is 0 Å². The highest BCUT2D eigenvalue weighted by Crippen LogP contribution is 1.77. The summed E-state index contributed by atoms with van der Waals surface area (Å²) >= 11 is 0. The molecule has 0 bridgehead atoms. The van der Waals surface area contributed by atoms with Crippen LogP contribution in [0.15, 0.2) is 4.99 Å². The maximum atomic E-state index is 6.90. The largest absolute Gasteiger partial charge is 0.377 e. The van der Waals surface area contributed by atoms with Crippen molar-refractivity contribution >= 4 is 11.9 Å². The molecule has 7 N–H and O–H groups in total. The number of ether oxygens (including phenoxy) is 2. The number of guanidine groups is 2. The first-order chi connectivity index (χ1) is 8.16. The van der Waals surface area contributed by atoms with E-state index in [0.717, 1.165) is 0 Å². The van der Waals surface area contributed by atoms with Gasteiger partial charge in [-0.25, -0.2) is 0 Å². The van der Waals surface area contributed by atoms with Crippen LogP contribution in [-0.2, 0) is 9.47 Å². The lowest BCUT2D eigenvalue weighted by Crippen LogP contribution is -2.34. The number of nitrogens with two attached hydrogens (primary N) is 2. The molecular weight excluding hydrogens is 224 g/mol. The molecule has 0 aromatic rings. The molecule has 0 radical (unpaired) electrons. The monoisotopic (exact) mass is 246 g/mol. The van der Waals surface area contributed by atoms with Gasteiger partial charge in [0.15, 0.2) is 11.9 Å². The molecule has 0 unspecified atom stereocenters. The van der Waals surface area contributed by atoms with Crippen molar-refractivity contribution in [2.75, 3.05) is 46.6 Å². The smallest absolute Gasteiger partial charge is 0.188 e. The molecule has 0 spiro atoms. The summed E-state index contributed by atoms with van der Waals surface area (Å²) in [5.74, 6) is 0.353. The second-order valence-corrected chi connectivity index (χ2v) is 3.10. The zero-order chi connectivity index (χ0) is 12.9. The Kier molecular flexibility index (Phi) is 9.97. The first-order valence-electron chi connectivity index (χ1n) is 5.36. The van der Waals surface area contributed by atoms with Crippen LogP contribution in [0.1, 0.15) is 0 Å². The Morgan fingerprint density at radius 2 is 1.59 bits per heavy atom. The fourth-order valence-corrected chi connectivity index (χ4v) is 0.910. The highest BCUT2D eigenvalue weighted by Gasteiger charge is 1.92. The minimum Gasteiger partial charge on any atom is -0.377 e. The van der Waals surface area contributed by atoms with Gasteiger partial charge in [0.25, 0.3) is 0 Å². The molecule has 8 heteroatoms. The van der Waals surface area contributed by atoms with Gasteiger partial charge in [-0.05, 0) is 0 Å². The fraction of sp³-hybridized carbons (Fsp3) is 0.778. The lowest BCUT2D eigenvalue weighted by Gasteiger charge is -2.07. The van der Waals surface area contributed by atoms with Crippen molar-refractivity contribution in [2.45, 2.75) is 0 Å². The molecule has 0 aliphatic carbocycles. The van der Waals surface area contributed by atoms with E-state index in [2.05, 4.69) is 15.6 Å². The van der Waals surface area contributed by atoms with Gasteiger partial charge in [0, 0.05) is 20.1 Å². The average Bonchev–Trinajstić information content (AvgIpc) is 2.30. The van der Waals surface area contributed by atoms with Gasteiger partial charge in [0.2, 0.25) is 0 Å². The third-order valence-corrected chi connectivity index (χ3v) is 1.73. The zero-order valence-electron chi connectivity index (χ0n) is 10.2. The van der Waals surface area contributed by atoms with Crippen LogP contribution in [0.5, 0.6) is 0 Å². The van der Waals surface area contributed by atoms with Gasteiger partial charge >= 0.3 is 0 Å². The van der Waals surface area contributed by atoms with Crippen LogP contribution in [0.25, 0.3) is 0 Å². The molecular formula is C9H22N6O2. The molecule has 0 aliphatic heterocycles. The Labute approximate surface area is 101 Å². The van der Waals surface area contributed by atoms with E-state index in [1.165, 1.54) is 0 Å². The normalized spacial score (nSPS) is 11.2. The predicted octanol–water partition coefficient (Wildman–Crippen LogP) is -1.96. The number of hydrogen-bond acceptors (Lipinski definition) is 4. The Hall–Kier alpha value is -1.54. The summed E-state index contributed by atoms with van der Waals surface area (Å²) in [5.41, 5.74) is 10.5. The van der Waals surface area contributed by atoms with E-state index < -0.39 is 0 Å². The topological polar surface area (TPSA) is 131 Å². The fourth-order valence-electron chi connectivity index (χ4n) is 0.910. The van der Waals surface area contributed by atoms with Crippen molar-refractivity contribution in [1.29, 1.82) is 5.41 Å². The lowest BCUT2D eigenvalue weighted by atomic mass is 10.6. The SMILES string of the molecule is CN=C(N)NCCOCCOCCNC(=N)N. The molecule has 0 aromatic carbocycles. The van der Waals surface area contributed by atoms with Gasteiger partial charge in [0.05, 0.1) is 26.4 Å². The van der Waals surface area contributed by atoms with Gasteiger partial charge in [-0.15, -0.1) is 0 Å². The van der Waals surface area contributed by atoms with Crippen molar-refractivity contribution in [3.63, 3.8) is 0 Å². The van der Waals surface area contributed by atoms with Crippen LogP contribution >= 0.6 is 0 Å². The highest BCUT2D eigenvalue weighted by molar-refractivity contribution is 5.77. The Bertz CT molecular complexity index is 234. The molecule has 0 saturated heterocycles. The van der Waals surface area contributed by atoms with Crippen LogP contribution in [0.3, 0.4) is 0 Å². The number of nitrogens with one attached hydrogen (secondary N) is 3. The summed E-state index contributed by atoms with van der Waals surface area (Å²) in [7, 11) is 1.62. The summed E-state index contributed by atoms with van der Waals surface area (Å²) < 4.78 is 10.5. The predicted molar refractivity (Wildman–Crippen MR) is 67.1 cm³/mol. The summed E-state index contributed by atoms with van der Waals surface area (Å²) in [4.78, 5) is 3.74. The molecule has 8 nitrogen and oxygen atoms in total. The average molecular weight is 246 g/mol. The van der Waals surface area contributed by atoms with Crippen molar-refractivity contribution in [2.24, 2.45) is 16.5 Å². The molecule has 17 heavy (non-hydrogen) atoms. The van der Waals surface area contributed by atoms with E-state index in [0.29, 0.717) is 45.5 Å². The quantitative estimate of drug-likeness (QED) is 0.182. The number of nitrogens with zero attached hydrogens (tertiary/aromatic N) is 1.